The van der Waals surface area contributed by atoms with Crippen LogP contribution in [-0.2, 0) is 0 Å². The molecule has 0 fully saturated rings. The van der Waals surface area contributed by atoms with Gasteiger partial charge in [-0.15, -0.1) is 0 Å². The molecule has 2 amide bonds. The second kappa shape index (κ2) is 7.32. The fraction of sp³-hybridized carbons (Fsp3) is 0.0588. The Labute approximate surface area is 152 Å². The largest absolute Gasteiger partial charge is 0.360 e. The van der Waals surface area contributed by atoms with Gasteiger partial charge in [0.1, 0.15) is 28.5 Å². The van der Waals surface area contributed by atoms with Gasteiger partial charge in [-0.1, -0.05) is 28.9 Å². The molecule has 0 aliphatic rings. The molecular weight excluding hydrogens is 363 g/mol. The molecule has 3 aromatic rings. The van der Waals surface area contributed by atoms with Gasteiger partial charge in [0.2, 0.25) is 0 Å². The van der Waals surface area contributed by atoms with Crippen molar-refractivity contribution in [1.82, 2.24) is 21.0 Å². The normalized spacial score (nSPS) is 10.4. The molecule has 0 bridgehead atoms. The van der Waals surface area contributed by atoms with Gasteiger partial charge in [-0.05, 0) is 31.2 Å². The smallest absolute Gasteiger partial charge is 0.288 e. The summed E-state index contributed by atoms with van der Waals surface area (Å²) in [6.45, 7) is 1.49. The molecule has 2 heterocycles. The SMILES string of the molecule is Cc1onc(-c2c(F)cccc2Cl)c1C(=O)NNC(=O)c1ccccn1. The first-order valence-electron chi connectivity index (χ1n) is 7.41. The molecule has 2 N–H and O–H groups in total. The van der Waals surface area contributed by atoms with Gasteiger partial charge in [0.15, 0.2) is 0 Å². The zero-order chi connectivity index (χ0) is 18.7. The maximum absolute atomic E-state index is 14.1. The predicted octanol–water partition coefficient (Wildman–Crippen LogP) is 2.91. The number of hydrogen-bond acceptors (Lipinski definition) is 5. The maximum Gasteiger partial charge on any atom is 0.288 e. The fourth-order valence-electron chi connectivity index (χ4n) is 2.27. The van der Waals surface area contributed by atoms with Gasteiger partial charge in [-0.25, -0.2) is 4.39 Å². The number of amides is 2. The molecule has 0 aliphatic carbocycles. The Kier molecular flexibility index (Phi) is 4.94. The van der Waals surface area contributed by atoms with E-state index in [0.717, 1.165) is 0 Å². The van der Waals surface area contributed by atoms with Crippen molar-refractivity contribution in [3.05, 3.63) is 70.5 Å². The number of carbonyl (C=O) groups excluding carboxylic acids is 2. The Morgan fingerprint density at radius 1 is 1.12 bits per heavy atom. The van der Waals surface area contributed by atoms with E-state index in [9.17, 15) is 14.0 Å². The lowest BCUT2D eigenvalue weighted by atomic mass is 10.1. The second-order valence-corrected chi connectivity index (χ2v) is 5.59. The molecule has 9 heteroatoms. The third-order valence-electron chi connectivity index (χ3n) is 3.48. The molecule has 0 radical (unpaired) electrons. The minimum Gasteiger partial charge on any atom is -0.360 e. The van der Waals surface area contributed by atoms with Gasteiger partial charge < -0.3 is 4.52 Å². The standard InChI is InChI=1S/C17H12ClFN4O3/c1-9-13(15(23-26-9)14-10(18)5-4-6-11(14)19)17(25)22-21-16(24)12-7-2-3-8-20-12/h2-8H,1H3,(H,21,24)(H,22,25). The Balaban J connectivity index is 1.85. The minimum absolute atomic E-state index is 0.0432. The van der Waals surface area contributed by atoms with Crippen LogP contribution in [0.25, 0.3) is 11.3 Å². The van der Waals surface area contributed by atoms with Crippen molar-refractivity contribution in [3.63, 3.8) is 0 Å². The number of pyridine rings is 1. The van der Waals surface area contributed by atoms with Gasteiger partial charge in [0.05, 0.1) is 10.6 Å². The van der Waals surface area contributed by atoms with Crippen molar-refractivity contribution < 1.29 is 18.5 Å². The van der Waals surface area contributed by atoms with E-state index in [0.29, 0.717) is 0 Å². The first-order chi connectivity index (χ1) is 12.5. The van der Waals surface area contributed by atoms with E-state index < -0.39 is 17.6 Å². The minimum atomic E-state index is -0.734. The van der Waals surface area contributed by atoms with Gasteiger partial charge in [0, 0.05) is 6.20 Å². The Morgan fingerprint density at radius 3 is 2.58 bits per heavy atom. The summed E-state index contributed by atoms with van der Waals surface area (Å²) in [6.07, 6.45) is 1.44. The van der Waals surface area contributed by atoms with Crippen LogP contribution < -0.4 is 10.9 Å². The highest BCUT2D eigenvalue weighted by atomic mass is 35.5. The lowest BCUT2D eigenvalue weighted by molar-refractivity contribution is 0.0843. The summed E-state index contributed by atoms with van der Waals surface area (Å²) in [5, 5.41) is 3.80. The van der Waals surface area contributed by atoms with Crippen LogP contribution in [0.1, 0.15) is 26.6 Å². The topological polar surface area (TPSA) is 97.1 Å². The van der Waals surface area contributed by atoms with Crippen molar-refractivity contribution in [2.45, 2.75) is 6.92 Å². The van der Waals surface area contributed by atoms with Crippen LogP contribution in [0.5, 0.6) is 0 Å². The summed E-state index contributed by atoms with van der Waals surface area (Å²) in [4.78, 5) is 28.3. The number of aromatic nitrogens is 2. The Bertz CT molecular complexity index is 955. The first kappa shape index (κ1) is 17.6. The second-order valence-electron chi connectivity index (χ2n) is 5.18. The quantitative estimate of drug-likeness (QED) is 0.687. The van der Waals surface area contributed by atoms with Crippen LogP contribution >= 0.6 is 11.6 Å². The molecular formula is C17H12ClFN4O3. The molecule has 0 unspecified atom stereocenters. The zero-order valence-corrected chi connectivity index (χ0v) is 14.2. The first-order valence-corrected chi connectivity index (χ1v) is 7.79. The van der Waals surface area contributed by atoms with E-state index in [1.807, 2.05) is 0 Å². The summed E-state index contributed by atoms with van der Waals surface area (Å²) >= 11 is 6.03. The molecule has 7 nitrogen and oxygen atoms in total. The van der Waals surface area contributed by atoms with Crippen LogP contribution in [0.15, 0.2) is 47.1 Å². The molecule has 132 valence electrons. The van der Waals surface area contributed by atoms with Crippen molar-refractivity contribution in [3.8, 4) is 11.3 Å². The van der Waals surface area contributed by atoms with E-state index >= 15 is 0 Å². The van der Waals surface area contributed by atoms with E-state index in [1.54, 1.807) is 12.1 Å². The van der Waals surface area contributed by atoms with E-state index in [-0.39, 0.29) is 33.3 Å². The van der Waals surface area contributed by atoms with Crippen molar-refractivity contribution in [2.75, 3.05) is 0 Å². The number of aryl methyl sites for hydroxylation is 1. The van der Waals surface area contributed by atoms with Gasteiger partial charge >= 0.3 is 0 Å². The van der Waals surface area contributed by atoms with E-state index in [2.05, 4.69) is 21.0 Å². The summed E-state index contributed by atoms with van der Waals surface area (Å²) in [5.74, 6) is -1.86. The molecule has 0 saturated carbocycles. The highest BCUT2D eigenvalue weighted by Gasteiger charge is 2.25. The Morgan fingerprint density at radius 2 is 1.88 bits per heavy atom. The molecule has 0 aliphatic heterocycles. The number of benzene rings is 1. The maximum atomic E-state index is 14.1. The number of hydrazine groups is 1. The van der Waals surface area contributed by atoms with Crippen LogP contribution in [0, 0.1) is 12.7 Å². The van der Waals surface area contributed by atoms with Crippen LogP contribution in [-0.4, -0.2) is 22.0 Å². The highest BCUT2D eigenvalue weighted by molar-refractivity contribution is 6.33. The lowest BCUT2D eigenvalue weighted by Gasteiger charge is -2.08. The molecule has 0 saturated heterocycles. The monoisotopic (exact) mass is 374 g/mol. The van der Waals surface area contributed by atoms with Gasteiger partial charge in [-0.3, -0.25) is 25.4 Å². The Hall–Kier alpha value is -3.26. The average Bonchev–Trinajstić information content (AvgIpc) is 3.01. The molecule has 0 spiro atoms. The summed E-state index contributed by atoms with van der Waals surface area (Å²) in [7, 11) is 0. The molecule has 0 atom stereocenters. The third-order valence-corrected chi connectivity index (χ3v) is 3.79. The molecule has 2 aromatic heterocycles. The van der Waals surface area contributed by atoms with E-state index in [4.69, 9.17) is 16.1 Å². The number of rotatable bonds is 3. The van der Waals surface area contributed by atoms with Gasteiger partial charge in [0.25, 0.3) is 11.8 Å². The van der Waals surface area contributed by atoms with Crippen molar-refractivity contribution >= 4 is 23.4 Å². The van der Waals surface area contributed by atoms with Crippen LogP contribution in [0.2, 0.25) is 5.02 Å². The zero-order valence-electron chi connectivity index (χ0n) is 13.4. The average molecular weight is 375 g/mol. The number of halogens is 2. The number of nitrogens with one attached hydrogen (secondary N) is 2. The summed E-state index contributed by atoms with van der Waals surface area (Å²) < 4.78 is 19.2. The highest BCUT2D eigenvalue weighted by Crippen LogP contribution is 2.33. The fourth-order valence-corrected chi connectivity index (χ4v) is 2.52. The van der Waals surface area contributed by atoms with Crippen molar-refractivity contribution in [2.24, 2.45) is 0 Å². The number of nitrogens with zero attached hydrogens (tertiary/aromatic N) is 2. The summed E-state index contributed by atoms with van der Waals surface area (Å²) in [5.41, 5.74) is 4.41. The molecule has 1 aromatic carbocycles. The van der Waals surface area contributed by atoms with Gasteiger partial charge in [-0.2, -0.15) is 0 Å². The van der Waals surface area contributed by atoms with E-state index in [1.165, 1.54) is 37.4 Å². The predicted molar refractivity (Wildman–Crippen MR) is 90.8 cm³/mol. The van der Waals surface area contributed by atoms with Crippen molar-refractivity contribution in [1.29, 1.82) is 0 Å². The van der Waals surface area contributed by atoms with Crippen LogP contribution in [0.4, 0.5) is 4.39 Å². The number of carbonyl (C=O) groups is 2. The lowest BCUT2D eigenvalue weighted by Crippen LogP contribution is -2.42. The van der Waals surface area contributed by atoms with Crippen LogP contribution in [0.3, 0.4) is 0 Å². The third kappa shape index (κ3) is 3.40. The molecule has 26 heavy (non-hydrogen) atoms. The summed E-state index contributed by atoms with van der Waals surface area (Å²) in [6, 6.07) is 8.86. The number of hydrogen-bond donors (Lipinski definition) is 2. The molecule has 3 rings (SSSR count).